The number of benzene rings is 2. The second kappa shape index (κ2) is 21.4. The third-order valence-electron chi connectivity index (χ3n) is 8.93. The van der Waals surface area contributed by atoms with Crippen LogP contribution in [0.1, 0.15) is 77.9 Å². The van der Waals surface area contributed by atoms with Gasteiger partial charge in [0.05, 0.1) is 44.2 Å². The Morgan fingerprint density at radius 1 is 0.600 bits per heavy atom. The van der Waals surface area contributed by atoms with E-state index < -0.39 is 16.1 Å². The van der Waals surface area contributed by atoms with Crippen LogP contribution in [0.5, 0.6) is 0 Å². The molecule has 0 N–H and O–H groups in total. The number of aliphatic imine (C=N–C) groups is 2. The van der Waals surface area contributed by atoms with Crippen molar-refractivity contribution >= 4 is 62.1 Å². The Morgan fingerprint density at radius 3 is 1.13 bits per heavy atom. The number of nitrogens with zero attached hydrogens (tertiary/aromatic N) is 3. The molecule has 1 aromatic heterocycles. The minimum atomic E-state index is -0.921. The summed E-state index contributed by atoms with van der Waals surface area (Å²) in [5.41, 5.74) is 6.73. The van der Waals surface area contributed by atoms with Gasteiger partial charge in [-0.2, -0.15) is 0 Å². The summed E-state index contributed by atoms with van der Waals surface area (Å²) in [4.78, 5) is 14.1. The molecule has 0 spiro atoms. The number of aromatic nitrogens is 1. The van der Waals surface area contributed by atoms with Gasteiger partial charge in [0, 0.05) is 0 Å². The second-order valence-electron chi connectivity index (χ2n) is 11.7. The normalized spacial score (nSPS) is 12.0. The van der Waals surface area contributed by atoms with Gasteiger partial charge in [-0.05, 0) is 63.1 Å². The van der Waals surface area contributed by atoms with E-state index in [2.05, 4.69) is 54.6 Å². The van der Waals surface area contributed by atoms with Crippen molar-refractivity contribution in [1.29, 1.82) is 0 Å². The van der Waals surface area contributed by atoms with Gasteiger partial charge in [-0.1, -0.05) is 147 Å². The van der Waals surface area contributed by atoms with Gasteiger partial charge in [-0.3, -0.25) is 0 Å². The number of hydrogen-bond donors (Lipinski definition) is 0. The van der Waals surface area contributed by atoms with Crippen molar-refractivity contribution in [2.75, 3.05) is 0 Å². The third kappa shape index (κ3) is 14.0. The Labute approximate surface area is 298 Å². The molecule has 248 valence electrons. The minimum Gasteiger partial charge on any atom is -0.342 e. The smallest absolute Gasteiger partial charge is 0.342 e. The molecule has 0 aliphatic heterocycles. The number of para-hydroxylation sites is 2. The first kappa shape index (κ1) is 43.5. The average Bonchev–Trinajstić information content (AvgIpc) is 3.04. The first-order valence-electron chi connectivity index (χ1n) is 16.0. The zero-order valence-electron chi connectivity index (χ0n) is 29.3. The van der Waals surface area contributed by atoms with E-state index in [0.29, 0.717) is 10.0 Å². The van der Waals surface area contributed by atoms with E-state index in [0.717, 1.165) is 45.3 Å². The Morgan fingerprint density at radius 2 is 0.889 bits per heavy atom. The molecule has 3 rings (SSSR count). The Bertz CT molecular complexity index is 1230. The summed E-state index contributed by atoms with van der Waals surface area (Å²) in [6, 6.07) is 25.4. The fourth-order valence-electron chi connectivity index (χ4n) is 4.32. The van der Waals surface area contributed by atoms with E-state index in [1.165, 1.54) is 36.3 Å². The van der Waals surface area contributed by atoms with E-state index in [9.17, 15) is 0 Å². The van der Waals surface area contributed by atoms with Gasteiger partial charge in [0.25, 0.3) is 0 Å². The number of pyridine rings is 1. The van der Waals surface area contributed by atoms with Crippen molar-refractivity contribution in [1.82, 2.24) is 4.98 Å². The molecule has 0 radical (unpaired) electrons. The Kier molecular flexibility index (Phi) is 20.6. The summed E-state index contributed by atoms with van der Waals surface area (Å²) >= 11 is 12.6. The molecule has 0 saturated carbocycles. The summed E-state index contributed by atoms with van der Waals surface area (Å²) in [5, 5.41) is 1.25. The molecule has 2 aromatic carbocycles. The van der Waals surface area contributed by atoms with Crippen molar-refractivity contribution < 1.29 is 17.1 Å². The summed E-state index contributed by atoms with van der Waals surface area (Å²) in [6.45, 7) is 30.0. The molecule has 3 nitrogen and oxygen atoms in total. The molecule has 0 saturated heterocycles. The maximum Gasteiger partial charge on any atom is 2.00 e. The molecule has 3 aromatic rings. The summed E-state index contributed by atoms with van der Waals surface area (Å²) in [6.07, 6.45) is 0. The van der Waals surface area contributed by atoms with Gasteiger partial charge >= 0.3 is 17.1 Å². The molecule has 0 fully saturated rings. The van der Waals surface area contributed by atoms with E-state index >= 15 is 0 Å². The first-order valence-corrected chi connectivity index (χ1v) is 22.4. The summed E-state index contributed by atoms with van der Waals surface area (Å²) in [7, 11) is -1.84. The van der Waals surface area contributed by atoms with Gasteiger partial charge in [0.2, 0.25) is 0 Å². The van der Waals surface area contributed by atoms with Crippen LogP contribution in [0, 0.1) is 26.9 Å². The average molecular weight is 725 g/mol. The van der Waals surface area contributed by atoms with Gasteiger partial charge in [0.1, 0.15) is 0 Å². The molecular weight excluding hydrogens is 669 g/mol. The van der Waals surface area contributed by atoms with Crippen molar-refractivity contribution in [2.24, 2.45) is 9.98 Å². The fraction of sp³-hybridized carbons (Fsp3) is 0.432. The van der Waals surface area contributed by atoms with Crippen LogP contribution in [0.15, 0.2) is 64.6 Å². The minimum absolute atomic E-state index is 0. The molecule has 45 heavy (non-hydrogen) atoms. The number of aryl methyl sites for hydroxylation is 2. The van der Waals surface area contributed by atoms with E-state index in [4.69, 9.17) is 38.2 Å². The van der Waals surface area contributed by atoms with Crippen molar-refractivity contribution in [3.63, 3.8) is 0 Å². The van der Waals surface area contributed by atoms with E-state index in [1.807, 2.05) is 82.3 Å². The Balaban J connectivity index is 0.000000943. The molecule has 0 aliphatic rings. The topological polar surface area (TPSA) is 37.6 Å². The van der Waals surface area contributed by atoms with Crippen molar-refractivity contribution in [3.8, 4) is 0 Å². The number of hydrogen-bond acceptors (Lipinski definition) is 3. The predicted molar refractivity (Wildman–Crippen MR) is 205 cm³/mol. The van der Waals surface area contributed by atoms with Gasteiger partial charge in [-0.25, -0.2) is 15.0 Å². The molecule has 0 unspecified atom stereocenters. The standard InChI is InChI=1S/C23H21Cl2N3.2C7H17Si.Fe/c1-14-8-5-10-18(24)22(14)26-16(3)20-12-7-13-21(28-20)17(4)27-23-15(2)9-6-11-19(23)25;2*1-5-8(4,6-2)7-3;/h5-13H,1-4H3;2*4-7H2,1-3H3;/q;2*-1;+2. The zero-order chi connectivity index (χ0) is 33.5. The third-order valence-corrected chi connectivity index (χ3v) is 18.5. The van der Waals surface area contributed by atoms with Crippen LogP contribution in [0.4, 0.5) is 11.4 Å². The Hall–Kier alpha value is -1.54. The quantitative estimate of drug-likeness (QED) is 0.117. The molecule has 0 atom stereocenters. The second-order valence-corrected chi connectivity index (χ2v) is 22.8. The van der Waals surface area contributed by atoms with Gasteiger partial charge in [0.15, 0.2) is 0 Å². The molecule has 0 aliphatic carbocycles. The molecular formula is C37H55Cl2FeN3Si2. The van der Waals surface area contributed by atoms with Crippen LogP contribution >= 0.6 is 23.2 Å². The van der Waals surface area contributed by atoms with Gasteiger partial charge < -0.3 is 13.1 Å². The summed E-state index contributed by atoms with van der Waals surface area (Å²) < 4.78 is 0. The first-order chi connectivity index (χ1) is 20.7. The van der Waals surface area contributed by atoms with E-state index in [1.54, 1.807) is 0 Å². The van der Waals surface area contributed by atoms with Crippen LogP contribution in [0.2, 0.25) is 46.3 Å². The van der Waals surface area contributed by atoms with Crippen LogP contribution in [0.25, 0.3) is 0 Å². The van der Waals surface area contributed by atoms with Crippen LogP contribution in [0.3, 0.4) is 0 Å². The molecule has 0 amide bonds. The van der Waals surface area contributed by atoms with Crippen molar-refractivity contribution in [2.45, 2.75) is 106 Å². The van der Waals surface area contributed by atoms with E-state index in [-0.39, 0.29) is 17.1 Å². The predicted octanol–water partition coefficient (Wildman–Crippen LogP) is 13.0. The maximum atomic E-state index is 6.30. The largest absolute Gasteiger partial charge is 2.00 e. The summed E-state index contributed by atoms with van der Waals surface area (Å²) in [5.74, 6) is 0. The van der Waals surface area contributed by atoms with Crippen LogP contribution in [-0.4, -0.2) is 32.6 Å². The monoisotopic (exact) mass is 723 g/mol. The SMILES string of the molecule is CC(=Nc1c(C)cccc1Cl)c1cccc(C(C)=Nc2c(C)cccc2Cl)n1.[CH2-][Si](CC)(CC)CC.[CH2-][Si](CC)(CC)CC.[Fe+2]. The van der Waals surface area contributed by atoms with Crippen molar-refractivity contribution in [3.05, 3.63) is 100 Å². The van der Waals surface area contributed by atoms with Crippen LogP contribution in [-0.2, 0) is 17.1 Å². The maximum absolute atomic E-state index is 6.30. The number of rotatable bonds is 10. The fourth-order valence-corrected chi connectivity index (χ4v) is 7.85. The molecule has 0 bridgehead atoms. The number of halogens is 2. The van der Waals surface area contributed by atoms with Gasteiger partial charge in [-0.15, -0.1) is 0 Å². The van der Waals surface area contributed by atoms with Crippen LogP contribution < -0.4 is 0 Å². The molecule has 1 heterocycles. The zero-order valence-corrected chi connectivity index (χ0v) is 33.9. The molecule has 8 heteroatoms.